The lowest BCUT2D eigenvalue weighted by molar-refractivity contribution is 0.402. The summed E-state index contributed by atoms with van der Waals surface area (Å²) in [6.07, 6.45) is 1.72. The van der Waals surface area contributed by atoms with Crippen LogP contribution in [0.25, 0.3) is 0 Å². The fraction of sp³-hybridized carbons (Fsp3) is 0.308. The number of benzene rings is 1. The molecule has 0 spiro atoms. The highest BCUT2D eigenvalue weighted by molar-refractivity contribution is 14.1. The molecular weight excluding hydrogens is 377 g/mol. The fourth-order valence-electron chi connectivity index (χ4n) is 2.07. The maximum Gasteiger partial charge on any atom is 0.161 e. The van der Waals surface area contributed by atoms with Crippen molar-refractivity contribution in [1.82, 2.24) is 15.1 Å². The van der Waals surface area contributed by atoms with Gasteiger partial charge in [0.15, 0.2) is 5.75 Å². The molecule has 4 nitrogen and oxygen atoms in total. The molecule has 0 aliphatic heterocycles. The Balaban J connectivity index is 2.49. The number of hydrogen-bond donors (Lipinski definition) is 1. The predicted octanol–water partition coefficient (Wildman–Crippen LogP) is 3.00. The van der Waals surface area contributed by atoms with E-state index in [2.05, 4.69) is 39.1 Å². The zero-order valence-electron chi connectivity index (χ0n) is 10.9. The highest BCUT2D eigenvalue weighted by Crippen LogP contribution is 2.31. The van der Waals surface area contributed by atoms with E-state index in [1.54, 1.807) is 13.3 Å². The van der Waals surface area contributed by atoms with Crippen LogP contribution in [0.2, 0.25) is 5.02 Å². The molecular formula is C13H15ClIN3O. The second kappa shape index (κ2) is 6.11. The number of aryl methyl sites for hydroxylation is 1. The Labute approximate surface area is 131 Å². The van der Waals surface area contributed by atoms with Crippen molar-refractivity contribution >= 4 is 34.2 Å². The maximum atomic E-state index is 6.20. The predicted molar refractivity (Wildman–Crippen MR) is 84.8 cm³/mol. The average Bonchev–Trinajstić information content (AvgIpc) is 2.76. The number of nitrogens with one attached hydrogen (secondary N) is 1. The molecule has 1 N–H and O–H groups in total. The van der Waals surface area contributed by atoms with Gasteiger partial charge in [0.2, 0.25) is 0 Å². The van der Waals surface area contributed by atoms with Crippen molar-refractivity contribution in [3.8, 4) is 5.75 Å². The first kappa shape index (κ1) is 14.6. The third-order valence-electron chi connectivity index (χ3n) is 3.01. The van der Waals surface area contributed by atoms with Gasteiger partial charge in [-0.25, -0.2) is 0 Å². The third-order valence-corrected chi connectivity index (χ3v) is 4.58. The van der Waals surface area contributed by atoms with Gasteiger partial charge >= 0.3 is 0 Å². The summed E-state index contributed by atoms with van der Waals surface area (Å²) in [7, 11) is 5.45. The summed E-state index contributed by atoms with van der Waals surface area (Å²) < 4.78 is 8.21. The molecule has 0 saturated heterocycles. The Morgan fingerprint density at radius 3 is 2.79 bits per heavy atom. The van der Waals surface area contributed by atoms with Crippen molar-refractivity contribution in [2.45, 2.75) is 6.04 Å². The molecule has 0 aliphatic rings. The molecule has 1 heterocycles. The van der Waals surface area contributed by atoms with Gasteiger partial charge < -0.3 is 10.1 Å². The smallest absolute Gasteiger partial charge is 0.161 e. The number of nitrogens with zero attached hydrogens (tertiary/aromatic N) is 2. The van der Waals surface area contributed by atoms with Crippen LogP contribution in [-0.2, 0) is 7.05 Å². The van der Waals surface area contributed by atoms with E-state index in [1.165, 1.54) is 0 Å². The standard InChI is InChI=1S/C13H15ClIN3O/c1-16-12(8-4-5-10(15)9(14)6-8)13-11(19-3)7-17-18(13)2/h4-7,12,16H,1-3H3. The highest BCUT2D eigenvalue weighted by atomic mass is 127. The normalized spacial score (nSPS) is 12.5. The minimum Gasteiger partial charge on any atom is -0.493 e. The molecule has 1 atom stereocenters. The lowest BCUT2D eigenvalue weighted by atomic mass is 10.0. The maximum absolute atomic E-state index is 6.20. The van der Waals surface area contributed by atoms with Gasteiger partial charge in [0, 0.05) is 10.6 Å². The largest absolute Gasteiger partial charge is 0.493 e. The Morgan fingerprint density at radius 2 is 2.21 bits per heavy atom. The Hall–Kier alpha value is -0.790. The summed E-state index contributed by atoms with van der Waals surface area (Å²) in [6.45, 7) is 0. The van der Waals surface area contributed by atoms with Crippen LogP contribution in [-0.4, -0.2) is 23.9 Å². The van der Waals surface area contributed by atoms with Gasteiger partial charge in [-0.15, -0.1) is 0 Å². The number of methoxy groups -OCH3 is 1. The summed E-state index contributed by atoms with van der Waals surface area (Å²) in [5, 5.41) is 8.27. The molecule has 6 heteroatoms. The Kier molecular flexibility index (Phi) is 4.70. The van der Waals surface area contributed by atoms with Crippen molar-refractivity contribution in [3.63, 3.8) is 0 Å². The molecule has 1 aromatic heterocycles. The van der Waals surface area contributed by atoms with E-state index in [0.717, 1.165) is 25.6 Å². The summed E-state index contributed by atoms with van der Waals surface area (Å²) in [6, 6.07) is 6.01. The van der Waals surface area contributed by atoms with Crippen molar-refractivity contribution in [3.05, 3.63) is 44.2 Å². The van der Waals surface area contributed by atoms with Gasteiger partial charge in [0.05, 0.1) is 24.4 Å². The SMILES string of the molecule is CNC(c1ccc(I)c(Cl)c1)c1c(OC)cnn1C. The molecule has 0 radical (unpaired) electrons. The Morgan fingerprint density at radius 1 is 1.47 bits per heavy atom. The number of hydrogen-bond acceptors (Lipinski definition) is 3. The number of ether oxygens (including phenoxy) is 1. The molecule has 0 bridgehead atoms. The van der Waals surface area contributed by atoms with Crippen molar-refractivity contribution < 1.29 is 4.74 Å². The van der Waals surface area contributed by atoms with E-state index in [4.69, 9.17) is 16.3 Å². The zero-order valence-corrected chi connectivity index (χ0v) is 13.9. The van der Waals surface area contributed by atoms with Crippen LogP contribution in [0.15, 0.2) is 24.4 Å². The topological polar surface area (TPSA) is 39.1 Å². The first-order valence-corrected chi connectivity index (χ1v) is 7.22. The molecule has 0 saturated carbocycles. The summed E-state index contributed by atoms with van der Waals surface area (Å²) >= 11 is 8.42. The van der Waals surface area contributed by atoms with Crippen LogP contribution in [0, 0.1) is 3.57 Å². The van der Waals surface area contributed by atoms with Gasteiger partial charge in [-0.3, -0.25) is 4.68 Å². The molecule has 1 unspecified atom stereocenters. The van der Waals surface area contributed by atoms with Crippen molar-refractivity contribution in [2.24, 2.45) is 7.05 Å². The molecule has 0 aliphatic carbocycles. The minimum absolute atomic E-state index is 0.0167. The molecule has 1 aromatic carbocycles. The fourth-order valence-corrected chi connectivity index (χ4v) is 2.59. The van der Waals surface area contributed by atoms with Crippen molar-refractivity contribution in [2.75, 3.05) is 14.2 Å². The third kappa shape index (κ3) is 2.88. The second-order valence-corrected chi connectivity index (χ2v) is 5.69. The lowest BCUT2D eigenvalue weighted by Gasteiger charge is -2.19. The first-order chi connectivity index (χ1) is 9.08. The van der Waals surface area contributed by atoms with Crippen LogP contribution in [0.4, 0.5) is 0 Å². The number of aromatic nitrogens is 2. The summed E-state index contributed by atoms with van der Waals surface area (Å²) in [4.78, 5) is 0. The van der Waals surface area contributed by atoms with Gasteiger partial charge in [0.1, 0.15) is 5.69 Å². The number of rotatable bonds is 4. The zero-order chi connectivity index (χ0) is 14.0. The van der Waals surface area contributed by atoms with Crippen LogP contribution >= 0.6 is 34.2 Å². The molecule has 0 amide bonds. The van der Waals surface area contributed by atoms with Crippen LogP contribution in [0.3, 0.4) is 0 Å². The van der Waals surface area contributed by atoms with E-state index < -0.39 is 0 Å². The van der Waals surface area contributed by atoms with E-state index in [-0.39, 0.29) is 6.04 Å². The monoisotopic (exact) mass is 391 g/mol. The van der Waals surface area contributed by atoms with Gasteiger partial charge in [-0.2, -0.15) is 5.10 Å². The average molecular weight is 392 g/mol. The minimum atomic E-state index is -0.0167. The van der Waals surface area contributed by atoms with Crippen LogP contribution in [0.1, 0.15) is 17.3 Å². The quantitative estimate of drug-likeness (QED) is 0.815. The molecule has 0 fully saturated rings. The highest BCUT2D eigenvalue weighted by Gasteiger charge is 2.21. The van der Waals surface area contributed by atoms with E-state index >= 15 is 0 Å². The number of halogens is 2. The second-order valence-electron chi connectivity index (χ2n) is 4.12. The van der Waals surface area contributed by atoms with Crippen molar-refractivity contribution in [1.29, 1.82) is 0 Å². The van der Waals surface area contributed by atoms with E-state index in [1.807, 2.05) is 30.9 Å². The summed E-state index contributed by atoms with van der Waals surface area (Å²) in [5.41, 5.74) is 2.05. The first-order valence-electron chi connectivity index (χ1n) is 5.76. The lowest BCUT2D eigenvalue weighted by Crippen LogP contribution is -2.21. The van der Waals surface area contributed by atoms with E-state index in [9.17, 15) is 0 Å². The van der Waals surface area contributed by atoms with Gasteiger partial charge in [-0.05, 0) is 47.3 Å². The van der Waals surface area contributed by atoms with Crippen LogP contribution < -0.4 is 10.1 Å². The molecule has 2 rings (SSSR count). The Bertz CT molecular complexity index is 585. The van der Waals surface area contributed by atoms with Crippen LogP contribution in [0.5, 0.6) is 5.75 Å². The van der Waals surface area contributed by atoms with Gasteiger partial charge in [0.25, 0.3) is 0 Å². The summed E-state index contributed by atoms with van der Waals surface area (Å²) in [5.74, 6) is 0.761. The van der Waals surface area contributed by atoms with E-state index in [0.29, 0.717) is 0 Å². The van der Waals surface area contributed by atoms with Gasteiger partial charge in [-0.1, -0.05) is 17.7 Å². The molecule has 19 heavy (non-hydrogen) atoms. The molecule has 102 valence electrons. The molecule has 2 aromatic rings.